The molecule has 24 heavy (non-hydrogen) atoms. The molecule has 0 radical (unpaired) electrons. The number of rotatable bonds is 2. The lowest BCUT2D eigenvalue weighted by Gasteiger charge is -2.33. The van der Waals surface area contributed by atoms with Gasteiger partial charge in [0.1, 0.15) is 17.2 Å². The quantitative estimate of drug-likeness (QED) is 0.728. The Kier molecular flexibility index (Phi) is 3.59. The van der Waals surface area contributed by atoms with Gasteiger partial charge in [-0.15, -0.1) is 0 Å². The first-order valence-corrected chi connectivity index (χ1v) is 8.36. The molecule has 6 nitrogen and oxygen atoms in total. The van der Waals surface area contributed by atoms with Crippen LogP contribution in [0.2, 0.25) is 0 Å². The van der Waals surface area contributed by atoms with Gasteiger partial charge in [-0.05, 0) is 44.4 Å². The maximum Gasteiger partial charge on any atom is 0.274 e. The van der Waals surface area contributed by atoms with E-state index < -0.39 is 0 Å². The highest BCUT2D eigenvalue weighted by Gasteiger charge is 2.27. The number of nitrogens with zero attached hydrogens (tertiary/aromatic N) is 5. The number of hydrogen-bond donors (Lipinski definition) is 0. The summed E-state index contributed by atoms with van der Waals surface area (Å²) in [5.74, 6) is 1.01. The molecule has 0 N–H and O–H groups in total. The highest BCUT2D eigenvalue weighted by molar-refractivity contribution is 5.93. The van der Waals surface area contributed by atoms with Crippen molar-refractivity contribution in [2.75, 3.05) is 13.1 Å². The van der Waals surface area contributed by atoms with E-state index >= 15 is 0 Å². The number of imidazole rings is 2. The molecule has 124 valence electrons. The minimum Gasteiger partial charge on any atom is -0.335 e. The fourth-order valence-electron chi connectivity index (χ4n) is 3.49. The maximum absolute atomic E-state index is 12.9. The Bertz CT molecular complexity index is 894. The van der Waals surface area contributed by atoms with Crippen LogP contribution in [0, 0.1) is 13.8 Å². The Hall–Kier alpha value is -2.63. The molecular weight excluding hydrogens is 302 g/mol. The second-order valence-corrected chi connectivity index (χ2v) is 6.52. The third kappa shape index (κ3) is 2.58. The normalized spacial score (nSPS) is 18.2. The van der Waals surface area contributed by atoms with E-state index in [-0.39, 0.29) is 5.91 Å². The van der Waals surface area contributed by atoms with Gasteiger partial charge in [-0.1, -0.05) is 0 Å². The number of piperidine rings is 1. The predicted octanol–water partition coefficient (Wildman–Crippen LogP) is 2.62. The van der Waals surface area contributed by atoms with E-state index in [0.717, 1.165) is 36.4 Å². The van der Waals surface area contributed by atoms with Crippen LogP contribution in [0.25, 0.3) is 5.65 Å². The number of carbonyl (C=O) groups excluding carboxylic acids is 1. The van der Waals surface area contributed by atoms with Gasteiger partial charge in [0.15, 0.2) is 0 Å². The van der Waals surface area contributed by atoms with E-state index in [2.05, 4.69) is 14.5 Å². The van der Waals surface area contributed by atoms with E-state index in [1.54, 1.807) is 0 Å². The lowest BCUT2D eigenvalue weighted by Crippen LogP contribution is -2.41. The second kappa shape index (κ2) is 5.78. The summed E-state index contributed by atoms with van der Waals surface area (Å²) >= 11 is 0. The van der Waals surface area contributed by atoms with Crippen LogP contribution in [-0.2, 0) is 0 Å². The van der Waals surface area contributed by atoms with Gasteiger partial charge in [-0.2, -0.15) is 0 Å². The standard InChI is InChI=1S/C18H21N5O/c1-13-5-8-21-12-16(20-17(21)10-13)18(24)22-7-3-4-15(11-22)23-9-6-19-14(23)2/h5-6,8-10,12,15H,3-4,7,11H2,1-2H3. The van der Waals surface area contributed by atoms with E-state index in [9.17, 15) is 4.79 Å². The molecule has 0 aromatic carbocycles. The average molecular weight is 323 g/mol. The molecule has 0 aliphatic carbocycles. The van der Waals surface area contributed by atoms with Crippen LogP contribution in [0.15, 0.2) is 36.9 Å². The van der Waals surface area contributed by atoms with Crippen LogP contribution in [0.4, 0.5) is 0 Å². The molecule has 4 rings (SSSR count). The van der Waals surface area contributed by atoms with Crippen molar-refractivity contribution in [2.24, 2.45) is 0 Å². The molecule has 1 saturated heterocycles. The van der Waals surface area contributed by atoms with Crippen LogP contribution in [0.5, 0.6) is 0 Å². The highest BCUT2D eigenvalue weighted by Crippen LogP contribution is 2.24. The molecule has 1 aliphatic heterocycles. The van der Waals surface area contributed by atoms with E-state index in [4.69, 9.17) is 0 Å². The minimum atomic E-state index is 0.0128. The zero-order chi connectivity index (χ0) is 16.7. The number of aromatic nitrogens is 4. The smallest absolute Gasteiger partial charge is 0.274 e. The summed E-state index contributed by atoms with van der Waals surface area (Å²) in [6.45, 7) is 5.53. The third-order valence-corrected chi connectivity index (χ3v) is 4.77. The number of aryl methyl sites for hydroxylation is 2. The zero-order valence-corrected chi connectivity index (χ0v) is 14.0. The molecule has 1 aliphatic rings. The first kappa shape index (κ1) is 14.9. The number of hydrogen-bond acceptors (Lipinski definition) is 3. The summed E-state index contributed by atoms with van der Waals surface area (Å²) in [4.78, 5) is 23.6. The van der Waals surface area contributed by atoms with Crippen molar-refractivity contribution in [3.63, 3.8) is 0 Å². The molecule has 0 bridgehead atoms. The Morgan fingerprint density at radius 2 is 2.17 bits per heavy atom. The van der Waals surface area contributed by atoms with Crippen molar-refractivity contribution in [3.8, 4) is 0 Å². The molecule has 4 heterocycles. The van der Waals surface area contributed by atoms with Crippen molar-refractivity contribution in [2.45, 2.75) is 32.7 Å². The Morgan fingerprint density at radius 3 is 2.96 bits per heavy atom. The number of likely N-dealkylation sites (tertiary alicyclic amines) is 1. The SMILES string of the molecule is Cc1ccn2cc(C(=O)N3CCCC(n4ccnc4C)C3)nc2c1. The Morgan fingerprint density at radius 1 is 1.29 bits per heavy atom. The van der Waals surface area contributed by atoms with E-state index in [0.29, 0.717) is 18.3 Å². The van der Waals surface area contributed by atoms with Gasteiger partial charge in [-0.25, -0.2) is 9.97 Å². The second-order valence-electron chi connectivity index (χ2n) is 6.52. The number of amides is 1. The summed E-state index contributed by atoms with van der Waals surface area (Å²) in [6, 6.07) is 4.30. The fourth-order valence-corrected chi connectivity index (χ4v) is 3.49. The van der Waals surface area contributed by atoms with Crippen LogP contribution in [-0.4, -0.2) is 42.8 Å². The Balaban J connectivity index is 1.57. The van der Waals surface area contributed by atoms with E-state index in [1.165, 1.54) is 0 Å². The monoisotopic (exact) mass is 323 g/mol. The number of carbonyl (C=O) groups is 1. The molecule has 1 fully saturated rings. The van der Waals surface area contributed by atoms with Crippen molar-refractivity contribution >= 4 is 11.6 Å². The Labute approximate surface area is 140 Å². The first-order valence-electron chi connectivity index (χ1n) is 8.36. The molecule has 1 amide bonds. The summed E-state index contributed by atoms with van der Waals surface area (Å²) in [6.07, 6.45) is 9.67. The summed E-state index contributed by atoms with van der Waals surface area (Å²) in [5.41, 5.74) is 2.47. The lowest BCUT2D eigenvalue weighted by atomic mass is 10.1. The minimum absolute atomic E-state index is 0.0128. The zero-order valence-electron chi connectivity index (χ0n) is 14.0. The average Bonchev–Trinajstić information content (AvgIpc) is 3.20. The van der Waals surface area contributed by atoms with Gasteiger partial charge in [0, 0.05) is 37.9 Å². The molecule has 0 saturated carbocycles. The summed E-state index contributed by atoms with van der Waals surface area (Å²) in [5, 5.41) is 0. The molecular formula is C18H21N5O. The van der Waals surface area contributed by atoms with Crippen LogP contribution in [0.3, 0.4) is 0 Å². The largest absolute Gasteiger partial charge is 0.335 e. The highest BCUT2D eigenvalue weighted by atomic mass is 16.2. The first-order chi connectivity index (χ1) is 11.6. The molecule has 3 aromatic heterocycles. The molecule has 1 unspecified atom stereocenters. The van der Waals surface area contributed by atoms with Gasteiger partial charge in [0.05, 0.1) is 6.04 Å². The van der Waals surface area contributed by atoms with Crippen molar-refractivity contribution in [3.05, 3.63) is 54.0 Å². The predicted molar refractivity (Wildman–Crippen MR) is 91.1 cm³/mol. The molecule has 0 spiro atoms. The van der Waals surface area contributed by atoms with Crippen LogP contribution < -0.4 is 0 Å². The van der Waals surface area contributed by atoms with Crippen molar-refractivity contribution < 1.29 is 4.79 Å². The van der Waals surface area contributed by atoms with Gasteiger partial charge in [0.2, 0.25) is 0 Å². The summed E-state index contributed by atoms with van der Waals surface area (Å²) < 4.78 is 4.08. The number of pyridine rings is 1. The number of fused-ring (bicyclic) bond motifs is 1. The maximum atomic E-state index is 12.9. The lowest BCUT2D eigenvalue weighted by molar-refractivity contribution is 0.0673. The van der Waals surface area contributed by atoms with Crippen LogP contribution in [0.1, 0.15) is 40.8 Å². The van der Waals surface area contributed by atoms with Crippen molar-refractivity contribution in [1.29, 1.82) is 0 Å². The van der Waals surface area contributed by atoms with Gasteiger partial charge >= 0.3 is 0 Å². The van der Waals surface area contributed by atoms with Gasteiger partial charge < -0.3 is 13.9 Å². The van der Waals surface area contributed by atoms with E-state index in [1.807, 2.05) is 60.1 Å². The molecule has 1 atom stereocenters. The van der Waals surface area contributed by atoms with Gasteiger partial charge in [-0.3, -0.25) is 4.79 Å². The van der Waals surface area contributed by atoms with Gasteiger partial charge in [0.25, 0.3) is 5.91 Å². The third-order valence-electron chi connectivity index (χ3n) is 4.77. The van der Waals surface area contributed by atoms with Crippen LogP contribution >= 0.6 is 0 Å². The molecule has 6 heteroatoms. The topological polar surface area (TPSA) is 55.4 Å². The molecule has 3 aromatic rings. The summed E-state index contributed by atoms with van der Waals surface area (Å²) in [7, 11) is 0. The fraction of sp³-hybridized carbons (Fsp3) is 0.389. The van der Waals surface area contributed by atoms with Crippen molar-refractivity contribution in [1.82, 2.24) is 23.8 Å².